The highest BCUT2D eigenvalue weighted by atomic mass is 32.1. The Hall–Kier alpha value is -2.40. The monoisotopic (exact) mass is 323 g/mol. The number of thiophene rings is 1. The fourth-order valence-electron chi connectivity index (χ4n) is 2.68. The van der Waals surface area contributed by atoms with Gasteiger partial charge >= 0.3 is 0 Å². The van der Waals surface area contributed by atoms with Crippen LogP contribution in [0.5, 0.6) is 0 Å². The van der Waals surface area contributed by atoms with Crippen LogP contribution >= 0.6 is 11.3 Å². The molecule has 0 aliphatic heterocycles. The van der Waals surface area contributed by atoms with Crippen LogP contribution in [0.25, 0.3) is 11.3 Å². The van der Waals surface area contributed by atoms with Crippen molar-refractivity contribution < 1.29 is 4.79 Å². The molecule has 0 bridgehead atoms. The van der Waals surface area contributed by atoms with Crippen molar-refractivity contribution in [2.45, 2.75) is 25.3 Å². The first-order valence-corrected chi connectivity index (χ1v) is 8.64. The average Bonchev–Trinajstić information content (AvgIpc) is 3.13. The molecule has 1 amide bonds. The Bertz CT molecular complexity index is 818. The summed E-state index contributed by atoms with van der Waals surface area (Å²) in [4.78, 5) is 20.8. The molecule has 1 aromatic carbocycles. The first-order valence-electron chi connectivity index (χ1n) is 7.76. The molecule has 23 heavy (non-hydrogen) atoms. The molecule has 4 nitrogen and oxygen atoms in total. The maximum Gasteiger partial charge on any atom is 0.262 e. The number of hydrogen-bond donors (Lipinski definition) is 2. The van der Waals surface area contributed by atoms with Crippen LogP contribution < -0.4 is 5.32 Å². The number of hydrogen-bond acceptors (Lipinski definition) is 3. The van der Waals surface area contributed by atoms with Crippen LogP contribution in [0.3, 0.4) is 0 Å². The zero-order valence-corrected chi connectivity index (χ0v) is 13.4. The standard InChI is InChI=1S/C18H17N3OS/c22-18(17-14(8-9-23-17)12-6-7-12)20-11-16-19-10-15(21-16)13-4-2-1-3-5-13/h1-5,8-10,12H,6-7,11H2,(H,19,21)(H,20,22). The Morgan fingerprint density at radius 2 is 2.09 bits per heavy atom. The van der Waals surface area contributed by atoms with E-state index in [4.69, 9.17) is 0 Å². The lowest BCUT2D eigenvalue weighted by Gasteiger charge is -2.04. The molecule has 2 N–H and O–H groups in total. The molecular formula is C18H17N3OS. The number of benzene rings is 1. The van der Waals surface area contributed by atoms with Gasteiger partial charge in [0.25, 0.3) is 5.91 Å². The quantitative estimate of drug-likeness (QED) is 0.747. The molecule has 5 heteroatoms. The third kappa shape index (κ3) is 3.05. The summed E-state index contributed by atoms with van der Waals surface area (Å²) < 4.78 is 0. The highest BCUT2D eigenvalue weighted by Crippen LogP contribution is 2.43. The van der Waals surface area contributed by atoms with Gasteiger partial charge < -0.3 is 10.3 Å². The summed E-state index contributed by atoms with van der Waals surface area (Å²) in [5.74, 6) is 1.36. The predicted octanol–water partition coefficient (Wildman–Crippen LogP) is 3.95. The molecule has 1 saturated carbocycles. The van der Waals surface area contributed by atoms with Crippen molar-refractivity contribution in [3.05, 3.63) is 64.2 Å². The van der Waals surface area contributed by atoms with Crippen LogP contribution in [0.15, 0.2) is 48.0 Å². The number of carbonyl (C=O) groups excluding carboxylic acids is 1. The number of H-pyrrole nitrogens is 1. The number of nitrogens with one attached hydrogen (secondary N) is 2. The summed E-state index contributed by atoms with van der Waals surface area (Å²) in [5, 5.41) is 4.97. The van der Waals surface area contributed by atoms with E-state index in [-0.39, 0.29) is 5.91 Å². The fraction of sp³-hybridized carbons (Fsp3) is 0.222. The summed E-state index contributed by atoms with van der Waals surface area (Å²) in [5.41, 5.74) is 3.26. The Morgan fingerprint density at radius 3 is 2.87 bits per heavy atom. The van der Waals surface area contributed by atoms with Crippen LogP contribution in [-0.2, 0) is 6.54 Å². The zero-order valence-electron chi connectivity index (χ0n) is 12.6. The van der Waals surface area contributed by atoms with Crippen molar-refractivity contribution in [1.82, 2.24) is 15.3 Å². The van der Waals surface area contributed by atoms with Gasteiger partial charge in [0.2, 0.25) is 0 Å². The minimum absolute atomic E-state index is 0.000406. The second-order valence-corrected chi connectivity index (χ2v) is 6.69. The van der Waals surface area contributed by atoms with Crippen LogP contribution in [0, 0.1) is 0 Å². The van der Waals surface area contributed by atoms with E-state index in [1.54, 1.807) is 6.20 Å². The largest absolute Gasteiger partial charge is 0.344 e. The molecule has 0 spiro atoms. The van der Waals surface area contributed by atoms with Crippen LogP contribution in [0.2, 0.25) is 0 Å². The van der Waals surface area contributed by atoms with Gasteiger partial charge in [-0.3, -0.25) is 4.79 Å². The number of rotatable bonds is 5. The number of nitrogens with zero attached hydrogens (tertiary/aromatic N) is 1. The van der Waals surface area contributed by atoms with Crippen molar-refractivity contribution in [3.8, 4) is 11.3 Å². The second-order valence-electron chi connectivity index (χ2n) is 5.77. The Kier molecular flexibility index (Phi) is 3.71. The first-order chi connectivity index (χ1) is 11.3. The molecule has 1 aliphatic carbocycles. The van der Waals surface area contributed by atoms with E-state index in [9.17, 15) is 4.79 Å². The lowest BCUT2D eigenvalue weighted by Crippen LogP contribution is -2.23. The van der Waals surface area contributed by atoms with Crippen LogP contribution in [0.1, 0.15) is 39.8 Å². The van der Waals surface area contributed by atoms with Gasteiger partial charge in [0.15, 0.2) is 0 Å². The van der Waals surface area contributed by atoms with Gasteiger partial charge in [0.05, 0.1) is 23.3 Å². The minimum Gasteiger partial charge on any atom is -0.344 e. The normalized spacial score (nSPS) is 13.9. The minimum atomic E-state index is -0.000406. The number of carbonyl (C=O) groups is 1. The van der Waals surface area contributed by atoms with Gasteiger partial charge in [-0.25, -0.2) is 4.98 Å². The molecule has 0 atom stereocenters. The molecule has 0 unspecified atom stereocenters. The van der Waals surface area contributed by atoms with E-state index in [0.29, 0.717) is 12.5 Å². The van der Waals surface area contributed by atoms with Gasteiger partial charge in [-0.15, -0.1) is 11.3 Å². The lowest BCUT2D eigenvalue weighted by atomic mass is 10.1. The lowest BCUT2D eigenvalue weighted by molar-refractivity contribution is 0.0953. The molecule has 2 heterocycles. The molecule has 0 saturated heterocycles. The zero-order chi connectivity index (χ0) is 15.6. The fourth-order valence-corrected chi connectivity index (χ4v) is 3.58. The van der Waals surface area contributed by atoms with E-state index >= 15 is 0 Å². The Labute approximate surface area is 138 Å². The first kappa shape index (κ1) is 14.2. The highest BCUT2D eigenvalue weighted by Gasteiger charge is 2.28. The van der Waals surface area contributed by atoms with Crippen molar-refractivity contribution in [2.75, 3.05) is 0 Å². The maximum absolute atomic E-state index is 12.4. The molecule has 116 valence electrons. The van der Waals surface area contributed by atoms with Crippen molar-refractivity contribution in [1.29, 1.82) is 0 Å². The average molecular weight is 323 g/mol. The third-order valence-corrected chi connectivity index (χ3v) is 4.98. The van der Waals surface area contributed by atoms with E-state index in [2.05, 4.69) is 21.4 Å². The van der Waals surface area contributed by atoms with Gasteiger partial charge in [-0.05, 0) is 41.3 Å². The Morgan fingerprint density at radius 1 is 1.26 bits per heavy atom. The smallest absolute Gasteiger partial charge is 0.262 e. The van der Waals surface area contributed by atoms with E-state index < -0.39 is 0 Å². The second kappa shape index (κ2) is 6.01. The molecule has 1 fully saturated rings. The Balaban J connectivity index is 1.42. The molecule has 4 rings (SSSR count). The van der Waals surface area contributed by atoms with Crippen molar-refractivity contribution >= 4 is 17.2 Å². The predicted molar refractivity (Wildman–Crippen MR) is 91.5 cm³/mol. The summed E-state index contributed by atoms with van der Waals surface area (Å²) >= 11 is 1.52. The molecule has 0 radical (unpaired) electrons. The number of aromatic amines is 1. The molecule has 3 aromatic rings. The highest BCUT2D eigenvalue weighted by molar-refractivity contribution is 7.12. The number of aromatic nitrogens is 2. The van der Waals surface area contributed by atoms with Crippen molar-refractivity contribution in [2.24, 2.45) is 0 Å². The van der Waals surface area contributed by atoms with Gasteiger partial charge in [-0.2, -0.15) is 0 Å². The van der Waals surface area contributed by atoms with Crippen molar-refractivity contribution in [3.63, 3.8) is 0 Å². The molecular weight excluding hydrogens is 306 g/mol. The van der Waals surface area contributed by atoms with E-state index in [0.717, 1.165) is 22.0 Å². The van der Waals surface area contributed by atoms with E-state index in [1.807, 2.05) is 35.7 Å². The van der Waals surface area contributed by atoms with Gasteiger partial charge in [0, 0.05) is 0 Å². The molecule has 2 aromatic heterocycles. The third-order valence-electron chi connectivity index (χ3n) is 4.05. The summed E-state index contributed by atoms with van der Waals surface area (Å²) in [6.45, 7) is 0.410. The van der Waals surface area contributed by atoms with E-state index in [1.165, 1.54) is 29.7 Å². The topological polar surface area (TPSA) is 57.8 Å². The summed E-state index contributed by atoms with van der Waals surface area (Å²) in [6.07, 6.45) is 4.21. The molecule has 1 aliphatic rings. The number of imidazole rings is 1. The van der Waals surface area contributed by atoms with Gasteiger partial charge in [-0.1, -0.05) is 30.3 Å². The summed E-state index contributed by atoms with van der Waals surface area (Å²) in [6, 6.07) is 12.1. The van der Waals surface area contributed by atoms with Crippen LogP contribution in [-0.4, -0.2) is 15.9 Å². The van der Waals surface area contributed by atoms with Gasteiger partial charge in [0.1, 0.15) is 5.82 Å². The summed E-state index contributed by atoms with van der Waals surface area (Å²) in [7, 11) is 0. The van der Waals surface area contributed by atoms with Crippen LogP contribution in [0.4, 0.5) is 0 Å². The SMILES string of the molecule is O=C(NCc1ncc(-c2ccccc2)[nH]1)c1sccc1C1CC1. The maximum atomic E-state index is 12.4. The number of amides is 1.